The largest absolute Gasteiger partial charge is 0.357 e. The first-order valence-corrected chi connectivity index (χ1v) is 5.65. The fourth-order valence-electron chi connectivity index (χ4n) is 1.06. The van der Waals surface area contributed by atoms with Gasteiger partial charge in [-0.3, -0.25) is 0 Å². The number of hydrogen-bond acceptors (Lipinski definition) is 2. The Balaban J connectivity index is 0.00000196. The molecule has 0 aliphatic heterocycles. The van der Waals surface area contributed by atoms with E-state index in [2.05, 4.69) is 34.1 Å². The molecule has 1 aromatic rings. The molecule has 0 aliphatic rings. The molecule has 3 nitrogen and oxygen atoms in total. The molecule has 1 N–H and O–H groups in total. The molecule has 0 saturated carbocycles. The van der Waals surface area contributed by atoms with Gasteiger partial charge in [0.15, 0.2) is 5.96 Å². The van der Waals surface area contributed by atoms with Crippen molar-refractivity contribution in [1.29, 1.82) is 0 Å². The van der Waals surface area contributed by atoms with Gasteiger partial charge in [0.1, 0.15) is 0 Å². The van der Waals surface area contributed by atoms with Gasteiger partial charge in [0.05, 0.1) is 6.54 Å². The normalized spacial score (nSPS) is 10.7. The second-order valence-electron chi connectivity index (χ2n) is 3.20. The fourth-order valence-corrected chi connectivity index (χ4v) is 1.72. The Morgan fingerprint density at radius 1 is 1.53 bits per heavy atom. The van der Waals surface area contributed by atoms with E-state index in [0.29, 0.717) is 0 Å². The Hall–Kier alpha value is -0.300. The second kappa shape index (κ2) is 7.92. The summed E-state index contributed by atoms with van der Waals surface area (Å²) < 4.78 is 0. The number of rotatable bonds is 3. The van der Waals surface area contributed by atoms with Crippen molar-refractivity contribution in [3.05, 3.63) is 22.4 Å². The summed E-state index contributed by atoms with van der Waals surface area (Å²) in [6.45, 7) is 3.73. The third kappa shape index (κ3) is 5.36. The van der Waals surface area contributed by atoms with Crippen molar-refractivity contribution in [3.8, 4) is 0 Å². The van der Waals surface area contributed by atoms with Crippen molar-refractivity contribution in [2.45, 2.75) is 13.5 Å². The van der Waals surface area contributed by atoms with Gasteiger partial charge in [-0.15, -0.1) is 24.0 Å². The zero-order valence-electron chi connectivity index (χ0n) is 9.36. The zero-order chi connectivity index (χ0) is 10.4. The second-order valence-corrected chi connectivity index (χ2v) is 3.98. The topological polar surface area (TPSA) is 27.6 Å². The van der Waals surface area contributed by atoms with E-state index in [1.165, 1.54) is 5.56 Å². The lowest BCUT2D eigenvalue weighted by Gasteiger charge is -2.16. The lowest BCUT2D eigenvalue weighted by Crippen LogP contribution is -2.36. The minimum atomic E-state index is 0. The summed E-state index contributed by atoms with van der Waals surface area (Å²) in [6, 6.07) is 2.10. The quantitative estimate of drug-likeness (QED) is 0.520. The van der Waals surface area contributed by atoms with E-state index in [4.69, 9.17) is 0 Å². The molecule has 1 aromatic heterocycles. The number of halogens is 1. The minimum Gasteiger partial charge on any atom is -0.357 e. The van der Waals surface area contributed by atoms with Gasteiger partial charge >= 0.3 is 0 Å². The van der Waals surface area contributed by atoms with Crippen molar-refractivity contribution >= 4 is 41.3 Å². The summed E-state index contributed by atoms with van der Waals surface area (Å²) in [7, 11) is 3.99. The molecule has 0 fully saturated rings. The van der Waals surface area contributed by atoms with E-state index in [0.717, 1.165) is 19.0 Å². The first kappa shape index (κ1) is 14.7. The molecule has 1 heterocycles. The molecule has 0 saturated heterocycles. The predicted molar refractivity (Wildman–Crippen MR) is 78.2 cm³/mol. The van der Waals surface area contributed by atoms with Crippen LogP contribution in [0.1, 0.15) is 12.5 Å². The summed E-state index contributed by atoms with van der Waals surface area (Å²) in [5.41, 5.74) is 1.27. The standard InChI is InChI=1S/C10H17N3S.HI/c1-4-11-10(13(2)3)12-7-9-5-6-14-8-9;/h5-6,8H,4,7H2,1-3H3,(H,11,12);1H. The highest BCUT2D eigenvalue weighted by atomic mass is 127. The molecule has 1 rings (SSSR count). The Labute approximate surface area is 113 Å². The van der Waals surface area contributed by atoms with Crippen LogP contribution >= 0.6 is 35.3 Å². The first-order valence-electron chi connectivity index (χ1n) is 4.70. The Morgan fingerprint density at radius 2 is 2.27 bits per heavy atom. The minimum absolute atomic E-state index is 0. The number of nitrogens with zero attached hydrogens (tertiary/aromatic N) is 2. The molecular formula is C10H18IN3S. The number of guanidine groups is 1. The molecule has 0 unspecified atom stereocenters. The van der Waals surface area contributed by atoms with Crippen LogP contribution in [0, 0.1) is 0 Å². The van der Waals surface area contributed by atoms with Gasteiger partial charge in [-0.2, -0.15) is 11.3 Å². The predicted octanol–water partition coefficient (Wildman–Crippen LogP) is 2.39. The molecule has 0 bridgehead atoms. The lowest BCUT2D eigenvalue weighted by molar-refractivity contribution is 0.583. The van der Waals surface area contributed by atoms with Crippen LogP contribution in [-0.4, -0.2) is 31.5 Å². The summed E-state index contributed by atoms with van der Waals surface area (Å²) in [5.74, 6) is 0.943. The van der Waals surface area contributed by atoms with Crippen molar-refractivity contribution in [1.82, 2.24) is 10.2 Å². The molecule has 0 radical (unpaired) electrons. The van der Waals surface area contributed by atoms with Crippen LogP contribution in [-0.2, 0) is 6.54 Å². The van der Waals surface area contributed by atoms with Crippen LogP contribution in [0.15, 0.2) is 21.8 Å². The smallest absolute Gasteiger partial charge is 0.193 e. The fraction of sp³-hybridized carbons (Fsp3) is 0.500. The summed E-state index contributed by atoms with van der Waals surface area (Å²) in [6.07, 6.45) is 0. The molecule has 15 heavy (non-hydrogen) atoms. The van der Waals surface area contributed by atoms with Crippen LogP contribution in [0.25, 0.3) is 0 Å². The van der Waals surface area contributed by atoms with Crippen LogP contribution in [0.5, 0.6) is 0 Å². The van der Waals surface area contributed by atoms with E-state index in [1.807, 2.05) is 19.0 Å². The van der Waals surface area contributed by atoms with Crippen LogP contribution in [0.2, 0.25) is 0 Å². The molecule has 0 amide bonds. The van der Waals surface area contributed by atoms with Gasteiger partial charge in [0.2, 0.25) is 0 Å². The number of aliphatic imine (C=N–C) groups is 1. The average Bonchev–Trinajstić information content (AvgIpc) is 2.64. The van der Waals surface area contributed by atoms with Crippen LogP contribution in [0.3, 0.4) is 0 Å². The van der Waals surface area contributed by atoms with Gasteiger partial charge in [-0.05, 0) is 29.3 Å². The van der Waals surface area contributed by atoms with Crippen LogP contribution < -0.4 is 5.32 Å². The lowest BCUT2D eigenvalue weighted by atomic mass is 10.3. The molecule has 0 spiro atoms. The van der Waals surface area contributed by atoms with Gasteiger partial charge in [0.25, 0.3) is 0 Å². The molecule has 5 heteroatoms. The highest BCUT2D eigenvalue weighted by Gasteiger charge is 1.98. The molecule has 86 valence electrons. The van der Waals surface area contributed by atoms with Gasteiger partial charge < -0.3 is 10.2 Å². The molecular weight excluding hydrogens is 321 g/mol. The first-order chi connectivity index (χ1) is 6.74. The number of hydrogen-bond donors (Lipinski definition) is 1. The van der Waals surface area contributed by atoms with E-state index in [-0.39, 0.29) is 24.0 Å². The molecule has 0 aliphatic carbocycles. The maximum atomic E-state index is 4.49. The van der Waals surface area contributed by atoms with Crippen molar-refractivity contribution in [2.24, 2.45) is 4.99 Å². The Morgan fingerprint density at radius 3 is 2.73 bits per heavy atom. The van der Waals surface area contributed by atoms with Crippen molar-refractivity contribution < 1.29 is 0 Å². The number of thiophene rings is 1. The highest BCUT2D eigenvalue weighted by Crippen LogP contribution is 2.06. The van der Waals surface area contributed by atoms with Crippen molar-refractivity contribution in [2.75, 3.05) is 20.6 Å². The Kier molecular flexibility index (Phi) is 7.76. The van der Waals surface area contributed by atoms with Crippen LogP contribution in [0.4, 0.5) is 0 Å². The third-order valence-electron chi connectivity index (χ3n) is 1.75. The maximum Gasteiger partial charge on any atom is 0.193 e. The third-order valence-corrected chi connectivity index (χ3v) is 2.48. The summed E-state index contributed by atoms with van der Waals surface area (Å²) in [4.78, 5) is 6.49. The molecule has 0 atom stereocenters. The van der Waals surface area contributed by atoms with Gasteiger partial charge in [0, 0.05) is 20.6 Å². The summed E-state index contributed by atoms with van der Waals surface area (Å²) in [5, 5.41) is 7.43. The average molecular weight is 339 g/mol. The van der Waals surface area contributed by atoms with E-state index in [1.54, 1.807) is 11.3 Å². The van der Waals surface area contributed by atoms with E-state index < -0.39 is 0 Å². The monoisotopic (exact) mass is 339 g/mol. The Bertz CT molecular complexity index is 283. The highest BCUT2D eigenvalue weighted by molar-refractivity contribution is 14.0. The van der Waals surface area contributed by atoms with Gasteiger partial charge in [-0.25, -0.2) is 4.99 Å². The van der Waals surface area contributed by atoms with E-state index >= 15 is 0 Å². The van der Waals surface area contributed by atoms with Crippen molar-refractivity contribution in [3.63, 3.8) is 0 Å². The summed E-state index contributed by atoms with van der Waals surface area (Å²) >= 11 is 1.71. The zero-order valence-corrected chi connectivity index (χ0v) is 12.5. The molecule has 0 aromatic carbocycles. The maximum absolute atomic E-state index is 4.49. The number of nitrogens with one attached hydrogen (secondary N) is 1. The SMILES string of the molecule is CCNC(=NCc1ccsc1)N(C)C.I. The van der Waals surface area contributed by atoms with Gasteiger partial charge in [-0.1, -0.05) is 0 Å². The van der Waals surface area contributed by atoms with E-state index in [9.17, 15) is 0 Å².